The molecule has 5 heterocycles. The van der Waals surface area contributed by atoms with E-state index >= 15 is 0 Å². The number of hydrogen-bond acceptors (Lipinski definition) is 11. The average molecular weight is 627 g/mol. The smallest absolute Gasteiger partial charge is 0.287 e. The van der Waals surface area contributed by atoms with Crippen LogP contribution < -0.4 is 10.5 Å². The standard InChI is InChI=1S/C27H26N5O9PS/c1-14(2)15-8-10-17(11-9-15)43(37,38)27-29-20-23(32(27)25-21(33)22-19(40-25)13-39-42(35,36)41-22)30-26-28-18(12-31(26)24(20)34)16-6-4-3-5-7-16/h3-12,14,19,21-22,25,33H,13H2,1-2H3,(H,28,30)(H,35,36)/p-1/t19?,21?,22-,25-/m1/s1. The Bertz CT molecular complexity index is 2090. The highest BCUT2D eigenvalue weighted by Crippen LogP contribution is 2.50. The molecule has 0 aliphatic carbocycles. The number of phosphoric ester groups is 1. The summed E-state index contributed by atoms with van der Waals surface area (Å²) in [7, 11) is -9.15. The highest BCUT2D eigenvalue weighted by atomic mass is 32.2. The van der Waals surface area contributed by atoms with Gasteiger partial charge in [0.1, 0.15) is 18.3 Å². The second-order valence-corrected chi connectivity index (χ2v) is 13.9. The molecule has 5 aromatic rings. The van der Waals surface area contributed by atoms with Crippen molar-refractivity contribution in [2.24, 2.45) is 0 Å². The predicted molar refractivity (Wildman–Crippen MR) is 149 cm³/mol. The summed E-state index contributed by atoms with van der Waals surface area (Å²) < 4.78 is 57.9. The summed E-state index contributed by atoms with van der Waals surface area (Å²) in [6.07, 6.45) is -4.15. The molecule has 2 saturated heterocycles. The second-order valence-electron chi connectivity index (χ2n) is 10.7. The lowest BCUT2D eigenvalue weighted by Crippen LogP contribution is -2.41. The third kappa shape index (κ3) is 4.55. The number of benzene rings is 2. The third-order valence-electron chi connectivity index (χ3n) is 7.61. The van der Waals surface area contributed by atoms with Gasteiger partial charge in [-0.25, -0.2) is 17.8 Å². The number of imidazole rings is 2. The fraction of sp³-hybridized carbons (Fsp3) is 0.296. The number of hydrogen-bond donors (Lipinski definition) is 2. The van der Waals surface area contributed by atoms with Gasteiger partial charge in [0.15, 0.2) is 17.4 Å². The molecule has 0 radical (unpaired) electrons. The molecule has 7 rings (SSSR count). The Kier molecular flexibility index (Phi) is 6.48. The molecule has 2 fully saturated rings. The molecule has 5 atom stereocenters. The summed E-state index contributed by atoms with van der Waals surface area (Å²) >= 11 is 0. The van der Waals surface area contributed by atoms with E-state index in [9.17, 15) is 27.8 Å². The van der Waals surface area contributed by atoms with E-state index in [2.05, 4.69) is 15.0 Å². The number of aliphatic hydroxyl groups excluding tert-OH is 1. The van der Waals surface area contributed by atoms with Crippen LogP contribution in [0.15, 0.2) is 75.6 Å². The van der Waals surface area contributed by atoms with E-state index < -0.39 is 59.5 Å². The van der Waals surface area contributed by atoms with Crippen molar-refractivity contribution in [2.75, 3.05) is 6.61 Å². The summed E-state index contributed by atoms with van der Waals surface area (Å²) in [4.78, 5) is 37.5. The van der Waals surface area contributed by atoms with Crippen molar-refractivity contribution in [1.29, 1.82) is 0 Å². The SMILES string of the molecule is CC(C)c1ccc(S(=O)(=O)c2nc3c(=O)n4cc(-c5ccccc5)[nH]c4nc3n2[C@@H]2OC3COP(=O)([O-])O[C@H]3C2O)cc1. The van der Waals surface area contributed by atoms with Crippen LogP contribution in [0, 0.1) is 0 Å². The van der Waals surface area contributed by atoms with Crippen LogP contribution in [-0.4, -0.2) is 62.4 Å². The molecule has 0 bridgehead atoms. The molecule has 43 heavy (non-hydrogen) atoms. The van der Waals surface area contributed by atoms with Crippen molar-refractivity contribution in [2.45, 2.75) is 54.4 Å². The van der Waals surface area contributed by atoms with Gasteiger partial charge in [-0.2, -0.15) is 4.98 Å². The molecule has 0 spiro atoms. The highest BCUT2D eigenvalue weighted by molar-refractivity contribution is 7.91. The number of H-pyrrole nitrogens is 1. The zero-order valence-corrected chi connectivity index (χ0v) is 24.4. The van der Waals surface area contributed by atoms with E-state index in [1.165, 1.54) is 22.7 Å². The number of aromatic nitrogens is 5. The maximum atomic E-state index is 14.1. The summed E-state index contributed by atoms with van der Waals surface area (Å²) in [5, 5.41) is 10.6. The maximum absolute atomic E-state index is 14.1. The van der Waals surface area contributed by atoms with Crippen molar-refractivity contribution >= 4 is 34.6 Å². The van der Waals surface area contributed by atoms with Crippen LogP contribution >= 0.6 is 7.82 Å². The fourth-order valence-electron chi connectivity index (χ4n) is 5.37. The Hall–Kier alpha value is -3.69. The van der Waals surface area contributed by atoms with E-state index in [1.54, 1.807) is 12.1 Å². The van der Waals surface area contributed by atoms with Gasteiger partial charge in [0.2, 0.25) is 20.8 Å². The Morgan fingerprint density at radius 2 is 1.84 bits per heavy atom. The predicted octanol–water partition coefficient (Wildman–Crippen LogP) is 2.14. The first-order valence-electron chi connectivity index (χ1n) is 13.4. The van der Waals surface area contributed by atoms with Gasteiger partial charge in [-0.3, -0.25) is 13.9 Å². The molecule has 0 saturated carbocycles. The minimum Gasteiger partial charge on any atom is -0.756 e. The topological polar surface area (TPSA) is 190 Å². The summed E-state index contributed by atoms with van der Waals surface area (Å²) in [6, 6.07) is 15.4. The summed E-state index contributed by atoms with van der Waals surface area (Å²) in [6.45, 7) is 3.48. The molecule has 16 heteroatoms. The van der Waals surface area contributed by atoms with Crippen molar-refractivity contribution in [3.05, 3.63) is 76.7 Å². The maximum Gasteiger partial charge on any atom is 0.287 e. The first kappa shape index (κ1) is 28.1. The number of rotatable bonds is 5. The number of aromatic amines is 1. The van der Waals surface area contributed by atoms with Gasteiger partial charge < -0.3 is 28.8 Å². The molecule has 224 valence electrons. The van der Waals surface area contributed by atoms with Gasteiger partial charge in [0.05, 0.1) is 17.2 Å². The third-order valence-corrected chi connectivity index (χ3v) is 10.2. The zero-order valence-electron chi connectivity index (χ0n) is 22.7. The van der Waals surface area contributed by atoms with Crippen molar-refractivity contribution < 1.29 is 36.8 Å². The van der Waals surface area contributed by atoms with E-state index in [0.29, 0.717) is 5.69 Å². The molecular formula is C27H25N5O9PS-. The van der Waals surface area contributed by atoms with E-state index in [1.807, 2.05) is 44.2 Å². The lowest BCUT2D eigenvalue weighted by atomic mass is 10.0. The molecule has 0 amide bonds. The van der Waals surface area contributed by atoms with E-state index in [4.69, 9.17) is 13.8 Å². The van der Waals surface area contributed by atoms with Gasteiger partial charge in [0, 0.05) is 6.20 Å². The Balaban J connectivity index is 1.44. The number of aliphatic hydroxyl groups is 1. The number of nitrogens with one attached hydrogen (secondary N) is 1. The van der Waals surface area contributed by atoms with E-state index in [-0.39, 0.29) is 27.8 Å². The quantitative estimate of drug-likeness (QED) is 0.272. The second kappa shape index (κ2) is 9.92. The minimum absolute atomic E-state index is 0.0799. The average Bonchev–Trinajstić information content (AvgIpc) is 3.67. The molecule has 2 aromatic carbocycles. The van der Waals surface area contributed by atoms with Gasteiger partial charge in [-0.1, -0.05) is 56.3 Å². The molecule has 2 aliphatic heterocycles. The Labute approximate surface area is 244 Å². The van der Waals surface area contributed by atoms with Crippen molar-refractivity contribution in [3.8, 4) is 11.3 Å². The number of ether oxygens (including phenoxy) is 1. The van der Waals surface area contributed by atoms with E-state index in [0.717, 1.165) is 15.7 Å². The van der Waals surface area contributed by atoms with Gasteiger partial charge in [-0.05, 0) is 29.2 Å². The largest absolute Gasteiger partial charge is 0.756 e. The summed E-state index contributed by atoms with van der Waals surface area (Å²) in [5.74, 6) is 0.232. The van der Waals surface area contributed by atoms with Crippen LogP contribution in [0.3, 0.4) is 0 Å². The lowest BCUT2D eigenvalue weighted by molar-refractivity contribution is -0.245. The molecule has 2 aliphatic rings. The Morgan fingerprint density at radius 1 is 1.12 bits per heavy atom. The van der Waals surface area contributed by atoms with Gasteiger partial charge in [0.25, 0.3) is 13.4 Å². The van der Waals surface area contributed by atoms with Crippen LogP contribution in [0.5, 0.6) is 0 Å². The fourth-order valence-corrected chi connectivity index (χ4v) is 7.69. The van der Waals surface area contributed by atoms with Crippen LogP contribution in [-0.2, 0) is 28.2 Å². The molecule has 2 N–H and O–H groups in total. The summed E-state index contributed by atoms with van der Waals surface area (Å²) in [5.41, 5.74) is 1.09. The highest BCUT2D eigenvalue weighted by Gasteiger charge is 2.52. The number of nitrogens with zero attached hydrogens (tertiary/aromatic N) is 4. The number of sulfone groups is 1. The first-order valence-corrected chi connectivity index (χ1v) is 16.3. The van der Waals surface area contributed by atoms with Crippen LogP contribution in [0.4, 0.5) is 0 Å². The molecule has 14 nitrogen and oxygen atoms in total. The lowest BCUT2D eigenvalue weighted by Gasteiger charge is -2.34. The Morgan fingerprint density at radius 3 is 2.53 bits per heavy atom. The van der Waals surface area contributed by atoms with Crippen LogP contribution in [0.1, 0.15) is 31.6 Å². The van der Waals surface area contributed by atoms with Crippen LogP contribution in [0.2, 0.25) is 0 Å². The zero-order chi connectivity index (χ0) is 30.3. The van der Waals surface area contributed by atoms with Crippen molar-refractivity contribution in [3.63, 3.8) is 0 Å². The van der Waals surface area contributed by atoms with Crippen LogP contribution in [0.25, 0.3) is 28.2 Å². The number of phosphoric acid groups is 1. The monoisotopic (exact) mass is 626 g/mol. The molecule has 3 aromatic heterocycles. The van der Waals surface area contributed by atoms with Gasteiger partial charge in [-0.15, -0.1) is 0 Å². The minimum atomic E-state index is -4.72. The van der Waals surface area contributed by atoms with Gasteiger partial charge >= 0.3 is 0 Å². The number of fused-ring (bicyclic) bond motifs is 3. The normalized spacial score (nSPS) is 26.0. The first-order chi connectivity index (χ1) is 20.4. The molecule has 3 unspecified atom stereocenters. The molecular weight excluding hydrogens is 601 g/mol. The van der Waals surface area contributed by atoms with Crippen molar-refractivity contribution in [1.82, 2.24) is 23.9 Å².